The van der Waals surface area contributed by atoms with Gasteiger partial charge in [-0.2, -0.15) is 5.10 Å². The molecule has 24 heavy (non-hydrogen) atoms. The van der Waals surface area contributed by atoms with Crippen molar-refractivity contribution in [3.05, 3.63) is 47.4 Å². The van der Waals surface area contributed by atoms with Crippen LogP contribution in [0.2, 0.25) is 0 Å². The molecular weight excluding hydrogens is 305 g/mol. The molecule has 2 N–H and O–H groups in total. The molecule has 0 fully saturated rings. The van der Waals surface area contributed by atoms with Gasteiger partial charge < -0.3 is 15.5 Å². The maximum atomic E-state index is 13.5. The standard InChI is InChI=1S/C18H26FN5/c1-13-7-18-21-10-14(12-24(18)22-13)9-20-11-17(23(2)3)15-5-4-6-16(19)8-15/h4-8,14,17,20-21H,9-12H2,1-3H3. The van der Waals surface area contributed by atoms with Crippen LogP contribution in [0.1, 0.15) is 17.3 Å². The molecule has 0 saturated carbocycles. The first-order chi connectivity index (χ1) is 11.5. The Morgan fingerprint density at radius 1 is 1.42 bits per heavy atom. The van der Waals surface area contributed by atoms with Crippen LogP contribution in [-0.4, -0.2) is 48.4 Å². The van der Waals surface area contributed by atoms with Crippen LogP contribution in [-0.2, 0) is 6.54 Å². The zero-order valence-corrected chi connectivity index (χ0v) is 14.6. The lowest BCUT2D eigenvalue weighted by atomic mass is 10.0. The number of nitrogens with one attached hydrogen (secondary N) is 2. The van der Waals surface area contributed by atoms with Crippen LogP contribution in [0.5, 0.6) is 0 Å². The van der Waals surface area contributed by atoms with E-state index in [4.69, 9.17) is 0 Å². The summed E-state index contributed by atoms with van der Waals surface area (Å²) in [7, 11) is 4.05. The number of hydrogen-bond donors (Lipinski definition) is 2. The Hall–Kier alpha value is -1.92. The summed E-state index contributed by atoms with van der Waals surface area (Å²) in [6.45, 7) is 5.59. The van der Waals surface area contributed by atoms with Gasteiger partial charge in [0.15, 0.2) is 0 Å². The topological polar surface area (TPSA) is 45.1 Å². The van der Waals surface area contributed by atoms with Crippen molar-refractivity contribution >= 4 is 5.82 Å². The Balaban J connectivity index is 1.55. The summed E-state index contributed by atoms with van der Waals surface area (Å²) >= 11 is 0. The van der Waals surface area contributed by atoms with Crippen LogP contribution in [0.25, 0.3) is 0 Å². The minimum Gasteiger partial charge on any atom is -0.370 e. The lowest BCUT2D eigenvalue weighted by molar-refractivity contribution is 0.279. The molecule has 0 amide bonds. The fraction of sp³-hybridized carbons (Fsp3) is 0.500. The summed E-state index contributed by atoms with van der Waals surface area (Å²) < 4.78 is 15.5. The molecule has 0 saturated heterocycles. The van der Waals surface area contributed by atoms with E-state index in [0.717, 1.165) is 43.3 Å². The Kier molecular flexibility index (Phi) is 5.16. The van der Waals surface area contributed by atoms with E-state index >= 15 is 0 Å². The normalized spacial score (nSPS) is 18.3. The maximum absolute atomic E-state index is 13.5. The highest BCUT2D eigenvalue weighted by molar-refractivity contribution is 5.38. The summed E-state index contributed by atoms with van der Waals surface area (Å²) in [4.78, 5) is 2.12. The number of nitrogens with zero attached hydrogens (tertiary/aromatic N) is 3. The van der Waals surface area contributed by atoms with Crippen molar-refractivity contribution in [2.75, 3.05) is 39.0 Å². The van der Waals surface area contributed by atoms with E-state index in [-0.39, 0.29) is 11.9 Å². The SMILES string of the molecule is Cc1cc2n(n1)CC(CNCC(c1cccc(F)c1)N(C)C)CN2. The van der Waals surface area contributed by atoms with E-state index in [1.807, 2.05) is 31.8 Å². The van der Waals surface area contributed by atoms with Crippen molar-refractivity contribution < 1.29 is 4.39 Å². The van der Waals surface area contributed by atoms with Crippen LogP contribution in [0.3, 0.4) is 0 Å². The number of anilines is 1. The van der Waals surface area contributed by atoms with Gasteiger partial charge >= 0.3 is 0 Å². The van der Waals surface area contributed by atoms with Crippen LogP contribution < -0.4 is 10.6 Å². The number of hydrogen-bond acceptors (Lipinski definition) is 4. The van der Waals surface area contributed by atoms with Gasteiger partial charge in [0, 0.05) is 44.2 Å². The van der Waals surface area contributed by atoms with Gasteiger partial charge in [-0.3, -0.25) is 0 Å². The molecule has 2 heterocycles. The highest BCUT2D eigenvalue weighted by Crippen LogP contribution is 2.20. The molecule has 1 aliphatic rings. The van der Waals surface area contributed by atoms with E-state index in [0.29, 0.717) is 5.92 Å². The molecule has 1 aliphatic heterocycles. The van der Waals surface area contributed by atoms with Crippen molar-refractivity contribution in [1.29, 1.82) is 0 Å². The Morgan fingerprint density at radius 2 is 2.25 bits per heavy atom. The van der Waals surface area contributed by atoms with Crippen LogP contribution in [0, 0.1) is 18.7 Å². The second-order valence-corrected chi connectivity index (χ2v) is 6.79. The number of likely N-dealkylation sites (N-methyl/N-ethyl adjacent to an activating group) is 1. The van der Waals surface area contributed by atoms with E-state index in [2.05, 4.69) is 26.7 Å². The van der Waals surface area contributed by atoms with Crippen molar-refractivity contribution in [2.45, 2.75) is 19.5 Å². The summed E-state index contributed by atoms with van der Waals surface area (Å²) in [6, 6.07) is 9.09. The van der Waals surface area contributed by atoms with Gasteiger partial charge in [-0.05, 0) is 38.7 Å². The smallest absolute Gasteiger partial charge is 0.124 e. The third-order valence-electron chi connectivity index (χ3n) is 4.53. The first kappa shape index (κ1) is 16.9. The Labute approximate surface area is 142 Å². The van der Waals surface area contributed by atoms with E-state index < -0.39 is 0 Å². The minimum atomic E-state index is -0.183. The van der Waals surface area contributed by atoms with Gasteiger partial charge in [0.05, 0.1) is 5.69 Å². The number of aryl methyl sites for hydroxylation is 1. The zero-order valence-electron chi connectivity index (χ0n) is 14.6. The van der Waals surface area contributed by atoms with Crippen LogP contribution in [0.15, 0.2) is 30.3 Å². The van der Waals surface area contributed by atoms with Gasteiger partial charge in [0.1, 0.15) is 11.6 Å². The second-order valence-electron chi connectivity index (χ2n) is 6.79. The maximum Gasteiger partial charge on any atom is 0.124 e. The van der Waals surface area contributed by atoms with Gasteiger partial charge in [-0.25, -0.2) is 9.07 Å². The predicted molar refractivity (Wildman–Crippen MR) is 94.6 cm³/mol. The second kappa shape index (κ2) is 7.32. The molecule has 0 aliphatic carbocycles. The number of fused-ring (bicyclic) bond motifs is 1. The van der Waals surface area contributed by atoms with Crippen LogP contribution in [0.4, 0.5) is 10.2 Å². The first-order valence-electron chi connectivity index (χ1n) is 8.44. The Morgan fingerprint density at radius 3 is 3.00 bits per heavy atom. The highest BCUT2D eigenvalue weighted by Gasteiger charge is 2.20. The Bertz CT molecular complexity index is 682. The number of aromatic nitrogens is 2. The third kappa shape index (κ3) is 3.94. The molecule has 0 bridgehead atoms. The fourth-order valence-electron chi connectivity index (χ4n) is 3.26. The molecule has 0 spiro atoms. The molecule has 5 nitrogen and oxygen atoms in total. The van der Waals surface area contributed by atoms with E-state index in [1.54, 1.807) is 12.1 Å². The van der Waals surface area contributed by atoms with Gasteiger partial charge in [0.25, 0.3) is 0 Å². The summed E-state index contributed by atoms with van der Waals surface area (Å²) in [5.74, 6) is 1.42. The monoisotopic (exact) mass is 331 g/mol. The molecule has 3 rings (SSSR count). The molecule has 2 unspecified atom stereocenters. The lowest BCUT2D eigenvalue weighted by Crippen LogP contribution is -2.38. The molecule has 2 atom stereocenters. The van der Waals surface area contributed by atoms with Crippen molar-refractivity contribution in [3.63, 3.8) is 0 Å². The molecule has 0 radical (unpaired) electrons. The third-order valence-corrected chi connectivity index (χ3v) is 4.53. The number of halogens is 1. The first-order valence-corrected chi connectivity index (χ1v) is 8.44. The average molecular weight is 331 g/mol. The molecule has 6 heteroatoms. The molecule has 2 aromatic rings. The minimum absolute atomic E-state index is 0.153. The van der Waals surface area contributed by atoms with E-state index in [9.17, 15) is 4.39 Å². The number of benzene rings is 1. The largest absolute Gasteiger partial charge is 0.370 e. The quantitative estimate of drug-likeness (QED) is 0.852. The van der Waals surface area contributed by atoms with Crippen LogP contribution >= 0.6 is 0 Å². The summed E-state index contributed by atoms with van der Waals surface area (Å²) in [6.07, 6.45) is 0. The van der Waals surface area contributed by atoms with Gasteiger partial charge in [-0.1, -0.05) is 12.1 Å². The molecule has 130 valence electrons. The van der Waals surface area contributed by atoms with Crippen molar-refractivity contribution in [3.8, 4) is 0 Å². The molecule has 1 aromatic heterocycles. The van der Waals surface area contributed by atoms with E-state index in [1.165, 1.54) is 6.07 Å². The number of rotatable bonds is 6. The molecule has 1 aromatic carbocycles. The average Bonchev–Trinajstić information content (AvgIpc) is 2.90. The van der Waals surface area contributed by atoms with Crippen molar-refractivity contribution in [1.82, 2.24) is 20.0 Å². The van der Waals surface area contributed by atoms with Gasteiger partial charge in [-0.15, -0.1) is 0 Å². The van der Waals surface area contributed by atoms with Gasteiger partial charge in [0.2, 0.25) is 0 Å². The van der Waals surface area contributed by atoms with Crippen molar-refractivity contribution in [2.24, 2.45) is 5.92 Å². The molecular formula is C18H26FN5. The zero-order chi connectivity index (χ0) is 17.1. The lowest BCUT2D eigenvalue weighted by Gasteiger charge is -2.28. The predicted octanol–water partition coefficient (Wildman–Crippen LogP) is 2.26. The highest BCUT2D eigenvalue weighted by atomic mass is 19.1. The fourth-order valence-corrected chi connectivity index (χ4v) is 3.26. The summed E-state index contributed by atoms with van der Waals surface area (Å²) in [5, 5.41) is 11.5. The summed E-state index contributed by atoms with van der Waals surface area (Å²) in [5.41, 5.74) is 2.05.